The van der Waals surface area contributed by atoms with Gasteiger partial charge in [-0.15, -0.1) is 6.58 Å². The van der Waals surface area contributed by atoms with Crippen molar-refractivity contribution in [3.8, 4) is 0 Å². The lowest BCUT2D eigenvalue weighted by Crippen LogP contribution is -2.80. The van der Waals surface area contributed by atoms with Crippen LogP contribution in [0.5, 0.6) is 0 Å². The third-order valence-corrected chi connectivity index (χ3v) is 7.85. The van der Waals surface area contributed by atoms with E-state index in [0.29, 0.717) is 25.7 Å². The molecule has 1 aliphatic heterocycles. The summed E-state index contributed by atoms with van der Waals surface area (Å²) in [5, 5.41) is 34.9. The summed E-state index contributed by atoms with van der Waals surface area (Å²) in [4.78, 5) is 13.3. The second-order valence-electron chi connectivity index (χ2n) is 9.42. The average molecular weight is 348 g/mol. The van der Waals surface area contributed by atoms with Crippen molar-refractivity contribution in [2.75, 3.05) is 6.61 Å². The first kappa shape index (κ1) is 17.4. The third kappa shape index (κ3) is 1.54. The standard InChI is InChI=1S/C20H28O5/c1-5-16(4)9-10-18(22)13(11-16)14(21)19(23)20(24)15(2,3)7-6-8-17(18,20)12-25-19/h5,11,22-24H,1,6-10,12H2,2-4H3/t16-,17-,18+,19-,20+/m0/s1. The molecule has 5 heteroatoms. The Morgan fingerprint density at radius 3 is 2.44 bits per heavy atom. The van der Waals surface area contributed by atoms with Gasteiger partial charge in [0.05, 0.1) is 12.0 Å². The van der Waals surface area contributed by atoms with Gasteiger partial charge in [-0.1, -0.05) is 39.3 Å². The van der Waals surface area contributed by atoms with E-state index in [0.717, 1.165) is 6.42 Å². The molecule has 4 aliphatic rings. The molecule has 138 valence electrons. The van der Waals surface area contributed by atoms with Gasteiger partial charge in [-0.3, -0.25) is 4.79 Å². The van der Waals surface area contributed by atoms with Gasteiger partial charge in [-0.05, 0) is 25.7 Å². The molecule has 3 N–H and O–H groups in total. The molecule has 0 aromatic heterocycles. The lowest BCUT2D eigenvalue weighted by molar-refractivity contribution is -0.319. The van der Waals surface area contributed by atoms with Gasteiger partial charge in [0.15, 0.2) is 0 Å². The topological polar surface area (TPSA) is 87.0 Å². The van der Waals surface area contributed by atoms with E-state index >= 15 is 0 Å². The van der Waals surface area contributed by atoms with E-state index in [-0.39, 0.29) is 12.2 Å². The summed E-state index contributed by atoms with van der Waals surface area (Å²) in [6.45, 7) is 9.48. The molecule has 0 radical (unpaired) electrons. The van der Waals surface area contributed by atoms with Crippen LogP contribution in [-0.2, 0) is 9.53 Å². The van der Waals surface area contributed by atoms with Gasteiger partial charge in [-0.2, -0.15) is 0 Å². The Morgan fingerprint density at radius 1 is 1.12 bits per heavy atom. The predicted molar refractivity (Wildman–Crippen MR) is 91.5 cm³/mol. The van der Waals surface area contributed by atoms with Crippen LogP contribution in [0.4, 0.5) is 0 Å². The predicted octanol–water partition coefficient (Wildman–Crippen LogP) is 1.86. The zero-order valence-corrected chi connectivity index (χ0v) is 15.3. The van der Waals surface area contributed by atoms with Gasteiger partial charge >= 0.3 is 0 Å². The second-order valence-corrected chi connectivity index (χ2v) is 9.42. The first-order valence-corrected chi connectivity index (χ1v) is 9.16. The van der Waals surface area contributed by atoms with Crippen LogP contribution in [0.1, 0.15) is 52.9 Å². The molecule has 3 fully saturated rings. The third-order valence-electron chi connectivity index (χ3n) is 7.85. The SMILES string of the molecule is C=C[C@]1(C)C=C2C(=O)[C@]3(O)OC[C@@]4(CCCC(C)(C)[C@@]43O)[C@@]2(O)CC1. The molecule has 2 bridgehead atoms. The number of fused-ring (bicyclic) bond motifs is 1. The number of ketones is 1. The summed E-state index contributed by atoms with van der Waals surface area (Å²) in [5.41, 5.74) is -5.41. The van der Waals surface area contributed by atoms with Gasteiger partial charge < -0.3 is 20.1 Å². The highest BCUT2D eigenvalue weighted by atomic mass is 16.7. The molecular weight excluding hydrogens is 320 g/mol. The van der Waals surface area contributed by atoms with Gasteiger partial charge in [0.1, 0.15) is 11.2 Å². The Labute approximate surface area is 148 Å². The Kier molecular flexibility index (Phi) is 3.10. The number of carbonyl (C=O) groups is 1. The van der Waals surface area contributed by atoms with E-state index in [9.17, 15) is 20.1 Å². The van der Waals surface area contributed by atoms with Crippen LogP contribution in [0.15, 0.2) is 24.3 Å². The summed E-state index contributed by atoms with van der Waals surface area (Å²) in [7, 11) is 0. The van der Waals surface area contributed by atoms with Crippen LogP contribution >= 0.6 is 0 Å². The molecule has 1 heterocycles. The van der Waals surface area contributed by atoms with Gasteiger partial charge in [0.2, 0.25) is 5.78 Å². The van der Waals surface area contributed by atoms with Gasteiger partial charge in [-0.25, -0.2) is 0 Å². The Hall–Kier alpha value is -1.01. The smallest absolute Gasteiger partial charge is 0.262 e. The van der Waals surface area contributed by atoms with E-state index in [1.165, 1.54) is 0 Å². The average Bonchev–Trinajstić information content (AvgIpc) is 2.78. The zero-order valence-electron chi connectivity index (χ0n) is 15.3. The number of rotatable bonds is 1. The number of carbonyl (C=O) groups excluding carboxylic acids is 1. The van der Waals surface area contributed by atoms with E-state index in [2.05, 4.69) is 6.58 Å². The zero-order chi connectivity index (χ0) is 18.5. The van der Waals surface area contributed by atoms with Crippen molar-refractivity contribution in [1.29, 1.82) is 0 Å². The van der Waals surface area contributed by atoms with Crippen LogP contribution in [0, 0.1) is 16.2 Å². The van der Waals surface area contributed by atoms with E-state index in [4.69, 9.17) is 4.74 Å². The molecule has 5 nitrogen and oxygen atoms in total. The quantitative estimate of drug-likeness (QED) is 0.630. The van der Waals surface area contributed by atoms with Crippen molar-refractivity contribution in [2.45, 2.75) is 69.9 Å². The second kappa shape index (κ2) is 4.45. The summed E-state index contributed by atoms with van der Waals surface area (Å²) in [6.07, 6.45) is 6.44. The molecule has 0 aromatic rings. The van der Waals surface area contributed by atoms with Crippen LogP contribution in [0.25, 0.3) is 0 Å². The normalized spacial score (nSPS) is 53.7. The summed E-state index contributed by atoms with van der Waals surface area (Å²) in [6, 6.07) is 0. The largest absolute Gasteiger partial charge is 0.384 e. The van der Waals surface area contributed by atoms with Crippen molar-refractivity contribution in [2.24, 2.45) is 16.2 Å². The van der Waals surface area contributed by atoms with Crippen molar-refractivity contribution in [3.05, 3.63) is 24.3 Å². The molecule has 2 saturated carbocycles. The Balaban J connectivity index is 2.04. The maximum Gasteiger partial charge on any atom is 0.262 e. The van der Waals surface area contributed by atoms with E-state index in [1.807, 2.05) is 20.8 Å². The fraction of sp³-hybridized carbons (Fsp3) is 0.750. The van der Waals surface area contributed by atoms with Crippen molar-refractivity contribution < 1.29 is 24.9 Å². The summed E-state index contributed by atoms with van der Waals surface area (Å²) < 4.78 is 5.64. The monoisotopic (exact) mass is 348 g/mol. The number of hydrogen-bond acceptors (Lipinski definition) is 5. The maximum atomic E-state index is 13.3. The summed E-state index contributed by atoms with van der Waals surface area (Å²) >= 11 is 0. The first-order valence-electron chi connectivity index (χ1n) is 9.16. The Morgan fingerprint density at radius 2 is 1.80 bits per heavy atom. The fourth-order valence-corrected chi connectivity index (χ4v) is 6.19. The number of Topliss-reactive ketones (excluding diaryl/α,β-unsaturated/α-hetero) is 1. The Bertz CT molecular complexity index is 711. The fourth-order valence-electron chi connectivity index (χ4n) is 6.19. The molecule has 5 atom stereocenters. The lowest BCUT2D eigenvalue weighted by Gasteiger charge is -2.66. The van der Waals surface area contributed by atoms with Gasteiger partial charge in [0.25, 0.3) is 5.79 Å². The number of hydrogen-bond donors (Lipinski definition) is 3. The van der Waals surface area contributed by atoms with Crippen LogP contribution in [0.2, 0.25) is 0 Å². The molecule has 1 saturated heterocycles. The minimum Gasteiger partial charge on any atom is -0.384 e. The molecule has 0 unspecified atom stereocenters. The minimum absolute atomic E-state index is 0.0200. The van der Waals surface area contributed by atoms with E-state index < -0.39 is 39.0 Å². The molecule has 0 spiro atoms. The van der Waals surface area contributed by atoms with Crippen LogP contribution in [0.3, 0.4) is 0 Å². The number of allylic oxidation sites excluding steroid dienone is 2. The number of ether oxygens (including phenoxy) is 1. The van der Waals surface area contributed by atoms with Crippen LogP contribution in [-0.4, -0.2) is 44.7 Å². The van der Waals surface area contributed by atoms with Crippen molar-refractivity contribution >= 4 is 5.78 Å². The highest BCUT2D eigenvalue weighted by Crippen LogP contribution is 2.72. The molecule has 4 rings (SSSR count). The first-order chi connectivity index (χ1) is 11.4. The highest BCUT2D eigenvalue weighted by Gasteiger charge is 2.86. The molecule has 25 heavy (non-hydrogen) atoms. The molecule has 0 aromatic carbocycles. The molecule has 0 amide bonds. The van der Waals surface area contributed by atoms with E-state index in [1.54, 1.807) is 12.2 Å². The van der Waals surface area contributed by atoms with Crippen molar-refractivity contribution in [1.82, 2.24) is 0 Å². The van der Waals surface area contributed by atoms with Gasteiger partial charge in [0, 0.05) is 16.4 Å². The maximum absolute atomic E-state index is 13.3. The summed E-state index contributed by atoms with van der Waals surface area (Å²) in [5.74, 6) is -3.01. The van der Waals surface area contributed by atoms with Crippen molar-refractivity contribution in [3.63, 3.8) is 0 Å². The number of aliphatic hydroxyl groups is 3. The molecular formula is C20H28O5. The highest BCUT2D eigenvalue weighted by molar-refractivity contribution is 6.06. The molecule has 3 aliphatic carbocycles. The lowest BCUT2D eigenvalue weighted by atomic mass is 9.40. The van der Waals surface area contributed by atoms with Crippen LogP contribution < -0.4 is 0 Å². The minimum atomic E-state index is -2.31.